The van der Waals surface area contributed by atoms with Gasteiger partial charge in [0.1, 0.15) is 11.6 Å². The molecule has 0 saturated heterocycles. The number of ether oxygens (including phenoxy) is 1. The predicted octanol–water partition coefficient (Wildman–Crippen LogP) is 1.34. The van der Waals surface area contributed by atoms with Crippen molar-refractivity contribution >= 4 is 17.0 Å². The van der Waals surface area contributed by atoms with E-state index in [1.165, 1.54) is 11.1 Å². The quantitative estimate of drug-likeness (QED) is 0.693. The van der Waals surface area contributed by atoms with Gasteiger partial charge >= 0.3 is 6.08 Å². The molecule has 4 rings (SSSR count). The lowest BCUT2D eigenvalue weighted by Gasteiger charge is -2.11. The number of fused-ring (bicyclic) bond motifs is 2. The summed E-state index contributed by atoms with van der Waals surface area (Å²) in [6.45, 7) is 3.64. The number of hydrogen-bond donors (Lipinski definition) is 2. The highest BCUT2D eigenvalue weighted by Gasteiger charge is 2.19. The van der Waals surface area contributed by atoms with Crippen molar-refractivity contribution in [2.45, 2.75) is 26.3 Å². The molecule has 2 aromatic heterocycles. The van der Waals surface area contributed by atoms with Gasteiger partial charge in [0.2, 0.25) is 0 Å². The van der Waals surface area contributed by atoms with Crippen LogP contribution in [0.5, 0.6) is 5.75 Å². The summed E-state index contributed by atoms with van der Waals surface area (Å²) in [5.74, 6) is 1.69. The first-order valence-corrected chi connectivity index (χ1v) is 8.20. The Morgan fingerprint density at radius 1 is 1.28 bits per heavy atom. The Kier molecular flexibility index (Phi) is 3.76. The average Bonchev–Trinajstić information content (AvgIpc) is 3.14. The summed E-state index contributed by atoms with van der Waals surface area (Å²) in [6.07, 6.45) is 0.629. The van der Waals surface area contributed by atoms with E-state index in [0.717, 1.165) is 30.2 Å². The van der Waals surface area contributed by atoms with Gasteiger partial charge in [0, 0.05) is 25.9 Å². The number of nitrogens with zero attached hydrogens (tertiary/aromatic N) is 4. The molecule has 4 N–H and O–H groups in total. The van der Waals surface area contributed by atoms with E-state index in [0.29, 0.717) is 30.7 Å². The molecule has 130 valence electrons. The van der Waals surface area contributed by atoms with Crippen molar-refractivity contribution in [1.82, 2.24) is 19.5 Å². The number of benzene rings is 1. The van der Waals surface area contributed by atoms with Gasteiger partial charge in [-0.3, -0.25) is 0 Å². The fourth-order valence-electron chi connectivity index (χ4n) is 3.29. The van der Waals surface area contributed by atoms with Crippen LogP contribution in [0, 0.1) is 13.0 Å². The number of aromatic nitrogens is 4. The molecular weight excluding hydrogens is 323 g/mol. The van der Waals surface area contributed by atoms with Crippen LogP contribution < -0.4 is 16.2 Å². The maximum Gasteiger partial charge on any atom is 0.312 e. The molecule has 0 unspecified atom stereocenters. The highest BCUT2D eigenvalue weighted by atomic mass is 19.1. The molecule has 0 amide bonds. The Labute approximate surface area is 143 Å². The van der Waals surface area contributed by atoms with E-state index in [4.69, 9.17) is 16.2 Å². The second-order valence-corrected chi connectivity index (χ2v) is 6.18. The summed E-state index contributed by atoms with van der Waals surface area (Å²) < 4.78 is 21.1. The standard InChI is InChI=1S/C17H19FN6O/c1-9-6-10-2-5-25-12(10)7-11(9)8-13-21-14-15(20)22-17(18)23-16(14)24(13)4-3-19/h6-7H,2-5,8,19H2,1H3,(H2,20,22,23). The van der Waals surface area contributed by atoms with Gasteiger partial charge in [-0.2, -0.15) is 14.4 Å². The van der Waals surface area contributed by atoms with Gasteiger partial charge in [0.05, 0.1) is 6.61 Å². The maximum absolute atomic E-state index is 13.6. The number of rotatable bonds is 4. The van der Waals surface area contributed by atoms with Gasteiger partial charge in [-0.05, 0) is 29.7 Å². The maximum atomic E-state index is 13.6. The largest absolute Gasteiger partial charge is 0.493 e. The fraction of sp³-hybridized carbons (Fsp3) is 0.353. The third kappa shape index (κ3) is 2.68. The van der Waals surface area contributed by atoms with Crippen LogP contribution >= 0.6 is 0 Å². The molecule has 0 atom stereocenters. The van der Waals surface area contributed by atoms with Gasteiger partial charge in [-0.1, -0.05) is 6.07 Å². The van der Waals surface area contributed by atoms with Crippen molar-refractivity contribution in [2.24, 2.45) is 5.73 Å². The zero-order chi connectivity index (χ0) is 17.6. The van der Waals surface area contributed by atoms with Crippen molar-refractivity contribution in [1.29, 1.82) is 0 Å². The van der Waals surface area contributed by atoms with Crippen molar-refractivity contribution in [3.63, 3.8) is 0 Å². The zero-order valence-electron chi connectivity index (χ0n) is 13.9. The predicted molar refractivity (Wildman–Crippen MR) is 91.9 cm³/mol. The van der Waals surface area contributed by atoms with E-state index < -0.39 is 6.08 Å². The van der Waals surface area contributed by atoms with Gasteiger partial charge < -0.3 is 20.8 Å². The molecule has 1 aromatic carbocycles. The molecule has 3 aromatic rings. The first-order valence-electron chi connectivity index (χ1n) is 8.20. The van der Waals surface area contributed by atoms with Crippen molar-refractivity contribution < 1.29 is 9.13 Å². The number of imidazole rings is 1. The lowest BCUT2D eigenvalue weighted by atomic mass is 10.0. The Morgan fingerprint density at radius 2 is 2.12 bits per heavy atom. The smallest absolute Gasteiger partial charge is 0.312 e. The second kappa shape index (κ2) is 5.96. The summed E-state index contributed by atoms with van der Waals surface area (Å²) in [5.41, 5.74) is 15.8. The topological polar surface area (TPSA) is 105 Å². The fourth-order valence-corrected chi connectivity index (χ4v) is 3.29. The molecule has 0 fully saturated rings. The summed E-state index contributed by atoms with van der Waals surface area (Å²) in [6, 6.07) is 4.21. The summed E-state index contributed by atoms with van der Waals surface area (Å²) in [7, 11) is 0. The van der Waals surface area contributed by atoms with Gasteiger partial charge in [-0.25, -0.2) is 4.98 Å². The summed E-state index contributed by atoms with van der Waals surface area (Å²) in [4.78, 5) is 12.0. The van der Waals surface area contributed by atoms with Gasteiger partial charge in [0.15, 0.2) is 17.0 Å². The van der Waals surface area contributed by atoms with Crippen molar-refractivity contribution in [3.8, 4) is 5.75 Å². The van der Waals surface area contributed by atoms with Crippen LogP contribution in [0.4, 0.5) is 10.2 Å². The van der Waals surface area contributed by atoms with Crippen LogP contribution in [-0.2, 0) is 19.4 Å². The molecule has 7 nitrogen and oxygen atoms in total. The van der Waals surface area contributed by atoms with Crippen LogP contribution in [0.25, 0.3) is 11.2 Å². The van der Waals surface area contributed by atoms with Crippen LogP contribution in [0.1, 0.15) is 22.5 Å². The van der Waals surface area contributed by atoms with E-state index in [2.05, 4.69) is 34.0 Å². The molecule has 8 heteroatoms. The first-order chi connectivity index (χ1) is 12.1. The zero-order valence-corrected chi connectivity index (χ0v) is 13.9. The SMILES string of the molecule is Cc1cc2c(cc1Cc1nc3c(N)nc(F)nc3n1CCN)OCC2. The van der Waals surface area contributed by atoms with E-state index in [-0.39, 0.29) is 5.82 Å². The lowest BCUT2D eigenvalue weighted by Crippen LogP contribution is -2.14. The molecule has 3 heterocycles. The molecule has 25 heavy (non-hydrogen) atoms. The first kappa shape index (κ1) is 15.8. The van der Waals surface area contributed by atoms with Gasteiger partial charge in [-0.15, -0.1) is 0 Å². The van der Waals surface area contributed by atoms with Gasteiger partial charge in [0.25, 0.3) is 0 Å². The minimum Gasteiger partial charge on any atom is -0.493 e. The number of halogens is 1. The van der Waals surface area contributed by atoms with E-state index in [1.807, 2.05) is 4.57 Å². The molecule has 0 bridgehead atoms. The Balaban J connectivity index is 1.81. The minimum absolute atomic E-state index is 0.0357. The molecule has 0 spiro atoms. The van der Waals surface area contributed by atoms with Crippen LogP contribution in [0.15, 0.2) is 12.1 Å². The van der Waals surface area contributed by atoms with Crippen LogP contribution in [-0.4, -0.2) is 32.7 Å². The molecule has 1 aliphatic heterocycles. The van der Waals surface area contributed by atoms with Crippen molar-refractivity contribution in [2.75, 3.05) is 18.9 Å². The Hall–Kier alpha value is -2.74. The number of nitrogen functional groups attached to an aromatic ring is 1. The number of hydrogen-bond acceptors (Lipinski definition) is 6. The minimum atomic E-state index is -0.864. The highest BCUT2D eigenvalue weighted by Crippen LogP contribution is 2.30. The van der Waals surface area contributed by atoms with Crippen LogP contribution in [0.2, 0.25) is 0 Å². The highest BCUT2D eigenvalue weighted by molar-refractivity contribution is 5.82. The van der Waals surface area contributed by atoms with E-state index >= 15 is 0 Å². The number of nitrogens with two attached hydrogens (primary N) is 2. The Morgan fingerprint density at radius 3 is 2.92 bits per heavy atom. The third-order valence-corrected chi connectivity index (χ3v) is 4.52. The number of anilines is 1. The van der Waals surface area contributed by atoms with E-state index in [9.17, 15) is 4.39 Å². The van der Waals surface area contributed by atoms with E-state index in [1.54, 1.807) is 0 Å². The van der Waals surface area contributed by atoms with Crippen LogP contribution in [0.3, 0.4) is 0 Å². The Bertz CT molecular complexity index is 968. The normalized spacial score (nSPS) is 13.2. The molecular formula is C17H19FN6O. The molecule has 0 aliphatic carbocycles. The number of aryl methyl sites for hydroxylation is 1. The monoisotopic (exact) mass is 342 g/mol. The summed E-state index contributed by atoms with van der Waals surface area (Å²) >= 11 is 0. The lowest BCUT2D eigenvalue weighted by molar-refractivity contribution is 0.356. The second-order valence-electron chi connectivity index (χ2n) is 6.18. The van der Waals surface area contributed by atoms with Crippen molar-refractivity contribution in [3.05, 3.63) is 40.7 Å². The third-order valence-electron chi connectivity index (χ3n) is 4.52. The molecule has 0 radical (unpaired) electrons. The molecule has 0 saturated carbocycles. The summed E-state index contributed by atoms with van der Waals surface area (Å²) in [5, 5.41) is 0. The molecule has 1 aliphatic rings. The average molecular weight is 342 g/mol.